The van der Waals surface area contributed by atoms with Crippen molar-refractivity contribution in [1.29, 1.82) is 0 Å². The average molecular weight is 405 g/mol. The van der Waals surface area contributed by atoms with Gasteiger partial charge in [-0.15, -0.1) is 0 Å². The molecule has 1 fully saturated rings. The fraction of sp³-hybridized carbons (Fsp3) is 0.130. The highest BCUT2D eigenvalue weighted by Crippen LogP contribution is 2.38. The van der Waals surface area contributed by atoms with Crippen LogP contribution >= 0.6 is 11.8 Å². The zero-order chi connectivity index (χ0) is 20.4. The zero-order valence-corrected chi connectivity index (χ0v) is 16.9. The van der Waals surface area contributed by atoms with E-state index in [1.807, 2.05) is 54.6 Å². The monoisotopic (exact) mass is 405 g/mol. The molecule has 29 heavy (non-hydrogen) atoms. The topological polar surface area (TPSA) is 55.8 Å². The maximum absolute atomic E-state index is 13.0. The Hall–Kier alpha value is -3.25. The summed E-state index contributed by atoms with van der Waals surface area (Å²) in [6.07, 6.45) is 1.68. The van der Waals surface area contributed by atoms with Crippen LogP contribution in [0.1, 0.15) is 11.1 Å². The number of nitrogens with zero attached hydrogens (tertiary/aromatic N) is 1. The molecule has 4 rings (SSSR count). The minimum atomic E-state index is -0.308. The predicted molar refractivity (Wildman–Crippen MR) is 115 cm³/mol. The van der Waals surface area contributed by atoms with E-state index < -0.39 is 0 Å². The molecule has 5 nitrogen and oxygen atoms in total. The smallest absolute Gasteiger partial charge is 0.293 e. The standard InChI is InChI=1S/C23H19NO4S/c1-27-19-12-6-9-16(21(19)28-2)13-20-22(25)24(23(26)29-20)14-17-10-5-8-15-7-3-4-11-18(15)17/h3-13H,14H2,1-2H3/b20-13-. The number of rotatable bonds is 5. The molecule has 0 saturated carbocycles. The number of fused-ring (bicyclic) bond motifs is 1. The molecule has 0 radical (unpaired) electrons. The highest BCUT2D eigenvalue weighted by molar-refractivity contribution is 8.18. The Labute approximate surface area is 172 Å². The molecule has 0 N–H and O–H groups in total. The summed E-state index contributed by atoms with van der Waals surface area (Å²) in [5.74, 6) is 0.782. The van der Waals surface area contributed by atoms with E-state index in [9.17, 15) is 9.59 Å². The van der Waals surface area contributed by atoms with Crippen LogP contribution in [-0.2, 0) is 11.3 Å². The quantitative estimate of drug-likeness (QED) is 0.553. The van der Waals surface area contributed by atoms with Crippen LogP contribution in [0.25, 0.3) is 16.8 Å². The van der Waals surface area contributed by atoms with Gasteiger partial charge in [-0.3, -0.25) is 14.5 Å². The molecule has 3 aromatic carbocycles. The fourth-order valence-electron chi connectivity index (χ4n) is 3.40. The minimum absolute atomic E-state index is 0.235. The Kier molecular flexibility index (Phi) is 5.27. The molecular formula is C23H19NO4S. The normalized spacial score (nSPS) is 15.4. The number of carbonyl (C=O) groups excluding carboxylic acids is 2. The van der Waals surface area contributed by atoms with Crippen LogP contribution in [0.2, 0.25) is 0 Å². The zero-order valence-electron chi connectivity index (χ0n) is 16.0. The van der Waals surface area contributed by atoms with Crippen LogP contribution < -0.4 is 9.47 Å². The first-order valence-corrected chi connectivity index (χ1v) is 9.87. The number of methoxy groups -OCH3 is 2. The van der Waals surface area contributed by atoms with Gasteiger partial charge >= 0.3 is 0 Å². The lowest BCUT2D eigenvalue weighted by Gasteiger charge is -2.14. The molecule has 0 aliphatic carbocycles. The predicted octanol–water partition coefficient (Wildman–Crippen LogP) is 5.09. The second kappa shape index (κ2) is 8.01. The van der Waals surface area contributed by atoms with Crippen molar-refractivity contribution in [3.63, 3.8) is 0 Å². The molecule has 1 saturated heterocycles. The van der Waals surface area contributed by atoms with Crippen LogP contribution in [-0.4, -0.2) is 30.3 Å². The molecule has 0 unspecified atom stereocenters. The molecule has 3 aromatic rings. The Morgan fingerprint density at radius 2 is 1.69 bits per heavy atom. The summed E-state index contributed by atoms with van der Waals surface area (Å²) >= 11 is 0.936. The van der Waals surface area contributed by atoms with Gasteiger partial charge in [0.2, 0.25) is 0 Å². The van der Waals surface area contributed by atoms with Crippen molar-refractivity contribution >= 4 is 39.8 Å². The summed E-state index contributed by atoms with van der Waals surface area (Å²) in [6.45, 7) is 0.235. The first-order valence-electron chi connectivity index (χ1n) is 9.05. The van der Waals surface area contributed by atoms with Gasteiger partial charge in [0.25, 0.3) is 11.1 Å². The number of para-hydroxylation sites is 1. The van der Waals surface area contributed by atoms with Crippen molar-refractivity contribution in [3.8, 4) is 11.5 Å². The maximum Gasteiger partial charge on any atom is 0.293 e. The van der Waals surface area contributed by atoms with Gasteiger partial charge in [0.1, 0.15) is 0 Å². The van der Waals surface area contributed by atoms with Crippen molar-refractivity contribution in [1.82, 2.24) is 4.90 Å². The first kappa shape index (κ1) is 19.1. The van der Waals surface area contributed by atoms with E-state index in [1.165, 1.54) is 4.90 Å². The third-order valence-electron chi connectivity index (χ3n) is 4.80. The Morgan fingerprint density at radius 3 is 2.48 bits per heavy atom. The van der Waals surface area contributed by atoms with E-state index in [1.54, 1.807) is 26.4 Å². The number of carbonyl (C=O) groups is 2. The second-order valence-electron chi connectivity index (χ2n) is 6.49. The highest BCUT2D eigenvalue weighted by Gasteiger charge is 2.35. The molecule has 6 heteroatoms. The summed E-state index contributed by atoms with van der Waals surface area (Å²) in [4.78, 5) is 27.2. The van der Waals surface area contributed by atoms with Gasteiger partial charge in [0.15, 0.2) is 11.5 Å². The second-order valence-corrected chi connectivity index (χ2v) is 7.48. The van der Waals surface area contributed by atoms with Crippen molar-refractivity contribution in [3.05, 3.63) is 76.7 Å². The summed E-state index contributed by atoms with van der Waals surface area (Å²) in [7, 11) is 3.10. The largest absolute Gasteiger partial charge is 0.493 e. The number of hydrogen-bond donors (Lipinski definition) is 0. The van der Waals surface area contributed by atoms with E-state index in [2.05, 4.69) is 0 Å². The number of thioether (sulfide) groups is 1. The summed E-state index contributed by atoms with van der Waals surface area (Å²) < 4.78 is 10.7. The Bertz CT molecular complexity index is 1130. The number of benzene rings is 3. The van der Waals surface area contributed by atoms with Gasteiger partial charge in [0, 0.05) is 5.56 Å². The van der Waals surface area contributed by atoms with Gasteiger partial charge in [0.05, 0.1) is 25.7 Å². The minimum Gasteiger partial charge on any atom is -0.493 e. The molecule has 0 spiro atoms. The van der Waals surface area contributed by atoms with Crippen LogP contribution in [0, 0.1) is 0 Å². The number of amides is 2. The molecule has 0 bridgehead atoms. The lowest BCUT2D eigenvalue weighted by molar-refractivity contribution is -0.123. The molecular weight excluding hydrogens is 386 g/mol. The Morgan fingerprint density at radius 1 is 0.931 bits per heavy atom. The van der Waals surface area contributed by atoms with Crippen LogP contribution in [0.4, 0.5) is 4.79 Å². The highest BCUT2D eigenvalue weighted by atomic mass is 32.2. The number of imide groups is 1. The van der Waals surface area contributed by atoms with E-state index in [0.717, 1.165) is 28.1 Å². The summed E-state index contributed by atoms with van der Waals surface area (Å²) in [5.41, 5.74) is 1.62. The van der Waals surface area contributed by atoms with Crippen molar-refractivity contribution < 1.29 is 19.1 Å². The van der Waals surface area contributed by atoms with Gasteiger partial charge in [-0.1, -0.05) is 54.6 Å². The molecule has 146 valence electrons. The van der Waals surface area contributed by atoms with Crippen molar-refractivity contribution in [2.75, 3.05) is 14.2 Å². The third kappa shape index (κ3) is 3.59. The van der Waals surface area contributed by atoms with E-state index >= 15 is 0 Å². The van der Waals surface area contributed by atoms with Gasteiger partial charge in [-0.25, -0.2) is 0 Å². The summed E-state index contributed by atoms with van der Waals surface area (Å²) in [5, 5.41) is 1.83. The summed E-state index contributed by atoms with van der Waals surface area (Å²) in [6, 6.07) is 19.2. The number of ether oxygens (including phenoxy) is 2. The lowest BCUT2D eigenvalue weighted by Crippen LogP contribution is -2.27. The molecule has 1 heterocycles. The molecule has 1 aliphatic heterocycles. The van der Waals surface area contributed by atoms with Crippen LogP contribution in [0.15, 0.2) is 65.6 Å². The van der Waals surface area contributed by atoms with Crippen LogP contribution in [0.5, 0.6) is 11.5 Å². The third-order valence-corrected chi connectivity index (χ3v) is 5.71. The molecule has 0 aromatic heterocycles. The Balaban J connectivity index is 1.65. The molecule has 0 atom stereocenters. The van der Waals surface area contributed by atoms with E-state index in [0.29, 0.717) is 22.0 Å². The fourth-order valence-corrected chi connectivity index (χ4v) is 4.23. The van der Waals surface area contributed by atoms with Crippen LogP contribution in [0.3, 0.4) is 0 Å². The van der Waals surface area contributed by atoms with Crippen molar-refractivity contribution in [2.24, 2.45) is 0 Å². The number of hydrogen-bond acceptors (Lipinski definition) is 5. The lowest BCUT2D eigenvalue weighted by atomic mass is 10.0. The first-order chi connectivity index (χ1) is 14.1. The van der Waals surface area contributed by atoms with E-state index in [4.69, 9.17) is 9.47 Å². The van der Waals surface area contributed by atoms with Gasteiger partial charge in [-0.2, -0.15) is 0 Å². The SMILES string of the molecule is COc1cccc(/C=C2\SC(=O)N(Cc3cccc4ccccc34)C2=O)c1OC. The average Bonchev–Trinajstić information content (AvgIpc) is 3.01. The molecule has 2 amide bonds. The van der Waals surface area contributed by atoms with Crippen molar-refractivity contribution in [2.45, 2.75) is 6.54 Å². The van der Waals surface area contributed by atoms with E-state index in [-0.39, 0.29) is 17.7 Å². The van der Waals surface area contributed by atoms with Gasteiger partial charge in [-0.05, 0) is 40.2 Å². The molecule has 1 aliphatic rings. The van der Waals surface area contributed by atoms with Gasteiger partial charge < -0.3 is 9.47 Å². The maximum atomic E-state index is 13.0.